The summed E-state index contributed by atoms with van der Waals surface area (Å²) in [4.78, 5) is 4.02. The third-order valence-electron chi connectivity index (χ3n) is 3.75. The number of imidazole rings is 1. The number of ether oxygens (including phenoxy) is 1. The number of para-hydroxylation sites is 1. The van der Waals surface area contributed by atoms with Crippen molar-refractivity contribution < 1.29 is 13.2 Å². The smallest absolute Gasteiger partial charge is 0.257 e. The predicted octanol–water partition coefficient (Wildman–Crippen LogP) is 1.41. The molecule has 21 heavy (non-hydrogen) atoms. The Bertz CT molecular complexity index is 768. The molecular weight excluding hydrogens is 290 g/mol. The summed E-state index contributed by atoms with van der Waals surface area (Å²) in [6.45, 7) is 3.10. The SMILES string of the molecule is Cc1nc(S(N)(=O)=O)cn1CC1CCOc2ccccc21. The molecule has 0 aliphatic carbocycles. The van der Waals surface area contributed by atoms with Crippen molar-refractivity contribution >= 4 is 10.0 Å². The van der Waals surface area contributed by atoms with Crippen molar-refractivity contribution in [3.8, 4) is 5.75 Å². The van der Waals surface area contributed by atoms with Gasteiger partial charge in [-0.1, -0.05) is 18.2 Å². The van der Waals surface area contributed by atoms with E-state index in [1.54, 1.807) is 6.92 Å². The molecule has 2 aromatic rings. The van der Waals surface area contributed by atoms with E-state index in [0.29, 0.717) is 19.0 Å². The molecule has 0 bridgehead atoms. The Morgan fingerprint density at radius 2 is 2.19 bits per heavy atom. The highest BCUT2D eigenvalue weighted by atomic mass is 32.2. The summed E-state index contributed by atoms with van der Waals surface area (Å²) in [5, 5.41) is 5.04. The maximum absolute atomic E-state index is 11.4. The van der Waals surface area contributed by atoms with Crippen molar-refractivity contribution in [1.29, 1.82) is 0 Å². The molecular formula is C14H17N3O3S. The average molecular weight is 307 g/mol. The van der Waals surface area contributed by atoms with Gasteiger partial charge in [-0.05, 0) is 25.0 Å². The molecule has 1 aromatic carbocycles. The van der Waals surface area contributed by atoms with Crippen molar-refractivity contribution in [2.24, 2.45) is 5.14 Å². The third kappa shape index (κ3) is 2.79. The van der Waals surface area contributed by atoms with Crippen molar-refractivity contribution in [3.63, 3.8) is 0 Å². The van der Waals surface area contributed by atoms with Gasteiger partial charge >= 0.3 is 0 Å². The predicted molar refractivity (Wildman–Crippen MR) is 77.6 cm³/mol. The molecule has 112 valence electrons. The van der Waals surface area contributed by atoms with Crippen molar-refractivity contribution in [1.82, 2.24) is 9.55 Å². The first-order valence-electron chi connectivity index (χ1n) is 6.73. The number of aromatic nitrogens is 2. The van der Waals surface area contributed by atoms with E-state index >= 15 is 0 Å². The van der Waals surface area contributed by atoms with Gasteiger partial charge in [0, 0.05) is 18.7 Å². The molecule has 7 heteroatoms. The molecule has 1 aliphatic heterocycles. The van der Waals surface area contributed by atoms with E-state index in [4.69, 9.17) is 9.88 Å². The van der Waals surface area contributed by atoms with Crippen LogP contribution in [0.25, 0.3) is 0 Å². The molecule has 6 nitrogen and oxygen atoms in total. The van der Waals surface area contributed by atoms with Gasteiger partial charge in [-0.15, -0.1) is 0 Å². The summed E-state index contributed by atoms with van der Waals surface area (Å²) in [6, 6.07) is 7.93. The van der Waals surface area contributed by atoms with Gasteiger partial charge in [-0.2, -0.15) is 0 Å². The Hall–Kier alpha value is -1.86. The van der Waals surface area contributed by atoms with E-state index in [-0.39, 0.29) is 10.9 Å². The Balaban J connectivity index is 1.90. The Morgan fingerprint density at radius 3 is 2.90 bits per heavy atom. The van der Waals surface area contributed by atoms with Crippen LogP contribution in [-0.4, -0.2) is 24.6 Å². The maximum Gasteiger partial charge on any atom is 0.257 e. The van der Waals surface area contributed by atoms with Crippen LogP contribution in [0.2, 0.25) is 0 Å². The summed E-state index contributed by atoms with van der Waals surface area (Å²) in [5.41, 5.74) is 1.15. The highest BCUT2D eigenvalue weighted by molar-refractivity contribution is 7.89. The lowest BCUT2D eigenvalue weighted by Gasteiger charge is -2.26. The fourth-order valence-electron chi connectivity index (χ4n) is 2.64. The van der Waals surface area contributed by atoms with Crippen LogP contribution in [0.15, 0.2) is 35.5 Å². The second-order valence-electron chi connectivity index (χ2n) is 5.20. The third-order valence-corrected chi connectivity index (χ3v) is 4.52. The normalized spacial score (nSPS) is 18.1. The first kappa shape index (κ1) is 14.1. The number of hydrogen-bond acceptors (Lipinski definition) is 4. The number of sulfonamides is 1. The summed E-state index contributed by atoms with van der Waals surface area (Å²) in [5.74, 6) is 1.82. The van der Waals surface area contributed by atoms with Crippen LogP contribution in [0.3, 0.4) is 0 Å². The van der Waals surface area contributed by atoms with E-state index in [9.17, 15) is 8.42 Å². The second kappa shape index (κ2) is 5.16. The molecule has 0 radical (unpaired) electrons. The van der Waals surface area contributed by atoms with Crippen molar-refractivity contribution in [3.05, 3.63) is 41.9 Å². The Morgan fingerprint density at radius 1 is 1.43 bits per heavy atom. The number of hydrogen-bond donors (Lipinski definition) is 1. The molecule has 2 heterocycles. The van der Waals surface area contributed by atoms with Crippen LogP contribution in [0.4, 0.5) is 0 Å². The fraction of sp³-hybridized carbons (Fsp3) is 0.357. The lowest BCUT2D eigenvalue weighted by molar-refractivity contribution is 0.258. The van der Waals surface area contributed by atoms with Gasteiger partial charge in [0.2, 0.25) is 0 Å². The minimum atomic E-state index is -3.76. The molecule has 0 amide bonds. The van der Waals surface area contributed by atoms with E-state index in [0.717, 1.165) is 17.7 Å². The molecule has 0 spiro atoms. The van der Waals surface area contributed by atoms with Gasteiger partial charge in [-0.25, -0.2) is 18.5 Å². The van der Waals surface area contributed by atoms with Crippen LogP contribution in [-0.2, 0) is 16.6 Å². The summed E-state index contributed by atoms with van der Waals surface area (Å²) >= 11 is 0. The van der Waals surface area contributed by atoms with E-state index in [1.807, 2.05) is 28.8 Å². The summed E-state index contributed by atoms with van der Waals surface area (Å²) < 4.78 is 30.2. The van der Waals surface area contributed by atoms with Crippen LogP contribution in [0.1, 0.15) is 23.7 Å². The van der Waals surface area contributed by atoms with Gasteiger partial charge in [0.05, 0.1) is 6.61 Å². The zero-order valence-electron chi connectivity index (χ0n) is 11.7. The standard InChI is InChI=1S/C14H17N3O3S/c1-10-16-14(21(15,18)19)9-17(10)8-11-6-7-20-13-5-3-2-4-12(11)13/h2-5,9,11H,6-8H2,1H3,(H2,15,18,19). The number of aryl methyl sites for hydroxylation is 1. The zero-order chi connectivity index (χ0) is 15.0. The van der Waals surface area contributed by atoms with Gasteiger partial charge in [0.25, 0.3) is 10.0 Å². The van der Waals surface area contributed by atoms with Crippen LogP contribution >= 0.6 is 0 Å². The van der Waals surface area contributed by atoms with Gasteiger partial charge < -0.3 is 9.30 Å². The zero-order valence-corrected chi connectivity index (χ0v) is 12.5. The molecule has 0 saturated heterocycles. The van der Waals surface area contributed by atoms with E-state index in [2.05, 4.69) is 4.98 Å². The molecule has 1 aromatic heterocycles. The monoisotopic (exact) mass is 307 g/mol. The van der Waals surface area contributed by atoms with E-state index < -0.39 is 10.0 Å². The number of primary sulfonamides is 1. The summed E-state index contributed by atoms with van der Waals surface area (Å²) in [6.07, 6.45) is 2.39. The molecule has 0 fully saturated rings. The molecule has 1 unspecified atom stereocenters. The maximum atomic E-state index is 11.4. The van der Waals surface area contributed by atoms with Gasteiger partial charge in [-0.3, -0.25) is 0 Å². The molecule has 3 rings (SSSR count). The topological polar surface area (TPSA) is 87.2 Å². The Kier molecular flexibility index (Phi) is 3.46. The van der Waals surface area contributed by atoms with Gasteiger partial charge in [0.15, 0.2) is 5.03 Å². The number of nitrogens with zero attached hydrogens (tertiary/aromatic N) is 2. The Labute approximate surface area is 123 Å². The highest BCUT2D eigenvalue weighted by Gasteiger charge is 2.23. The number of benzene rings is 1. The van der Waals surface area contributed by atoms with Crippen LogP contribution in [0, 0.1) is 6.92 Å². The van der Waals surface area contributed by atoms with Crippen LogP contribution < -0.4 is 9.88 Å². The summed E-state index contributed by atoms with van der Waals surface area (Å²) in [7, 11) is -3.76. The quantitative estimate of drug-likeness (QED) is 0.928. The second-order valence-corrected chi connectivity index (χ2v) is 6.70. The largest absolute Gasteiger partial charge is 0.493 e. The number of fused-ring (bicyclic) bond motifs is 1. The van der Waals surface area contributed by atoms with Crippen LogP contribution in [0.5, 0.6) is 5.75 Å². The van der Waals surface area contributed by atoms with Gasteiger partial charge in [0.1, 0.15) is 11.6 Å². The van der Waals surface area contributed by atoms with E-state index in [1.165, 1.54) is 6.20 Å². The minimum Gasteiger partial charge on any atom is -0.493 e. The average Bonchev–Trinajstić information content (AvgIpc) is 2.81. The minimum absolute atomic E-state index is 0.0830. The fourth-order valence-corrected chi connectivity index (χ4v) is 3.18. The number of nitrogens with two attached hydrogens (primary N) is 1. The first-order chi connectivity index (χ1) is 9.95. The number of rotatable bonds is 3. The molecule has 0 saturated carbocycles. The lowest BCUT2D eigenvalue weighted by Crippen LogP contribution is -2.19. The molecule has 1 atom stereocenters. The molecule has 1 aliphatic rings. The first-order valence-corrected chi connectivity index (χ1v) is 8.28. The lowest BCUT2D eigenvalue weighted by atomic mass is 9.93. The molecule has 2 N–H and O–H groups in total. The highest BCUT2D eigenvalue weighted by Crippen LogP contribution is 2.34. The van der Waals surface area contributed by atoms with Crippen molar-refractivity contribution in [2.75, 3.05) is 6.61 Å². The van der Waals surface area contributed by atoms with Crippen molar-refractivity contribution in [2.45, 2.75) is 30.8 Å².